The second kappa shape index (κ2) is 8.35. The van der Waals surface area contributed by atoms with Crippen LogP contribution in [0.1, 0.15) is 10.4 Å². The standard InChI is InChI=1S/C17H16FNO4S/c1-22-11-7-8-14(12(9-11)17(21)23-2)19-16(20)10-24-15-6-4-3-5-13(15)18/h3-9H,10H2,1-2H3,(H,19,20). The number of benzene rings is 2. The molecule has 0 aliphatic carbocycles. The van der Waals surface area contributed by atoms with E-state index in [-0.39, 0.29) is 23.0 Å². The highest BCUT2D eigenvalue weighted by Crippen LogP contribution is 2.24. The van der Waals surface area contributed by atoms with E-state index in [9.17, 15) is 14.0 Å². The molecule has 0 aliphatic rings. The molecule has 24 heavy (non-hydrogen) atoms. The highest BCUT2D eigenvalue weighted by Gasteiger charge is 2.15. The maximum absolute atomic E-state index is 13.5. The number of halogens is 1. The second-order valence-corrected chi connectivity index (χ2v) is 5.69. The molecule has 7 heteroatoms. The maximum Gasteiger partial charge on any atom is 0.340 e. The van der Waals surface area contributed by atoms with Crippen LogP contribution in [-0.2, 0) is 9.53 Å². The third-order valence-electron chi connectivity index (χ3n) is 3.10. The van der Waals surface area contributed by atoms with Crippen molar-refractivity contribution >= 4 is 29.3 Å². The number of hydrogen-bond acceptors (Lipinski definition) is 5. The van der Waals surface area contributed by atoms with Gasteiger partial charge in [-0.2, -0.15) is 0 Å². The fourth-order valence-electron chi connectivity index (χ4n) is 1.93. The van der Waals surface area contributed by atoms with Crippen molar-refractivity contribution in [2.75, 3.05) is 25.3 Å². The lowest BCUT2D eigenvalue weighted by molar-refractivity contribution is -0.113. The molecule has 2 rings (SSSR count). The number of esters is 1. The lowest BCUT2D eigenvalue weighted by Crippen LogP contribution is -2.17. The van der Waals surface area contributed by atoms with E-state index in [1.165, 1.54) is 26.4 Å². The molecule has 0 aliphatic heterocycles. The zero-order valence-corrected chi connectivity index (χ0v) is 14.0. The molecule has 2 aromatic carbocycles. The summed E-state index contributed by atoms with van der Waals surface area (Å²) in [5.41, 5.74) is 0.489. The van der Waals surface area contributed by atoms with E-state index < -0.39 is 5.97 Å². The molecule has 0 heterocycles. The van der Waals surface area contributed by atoms with E-state index in [2.05, 4.69) is 5.32 Å². The van der Waals surface area contributed by atoms with Crippen LogP contribution in [0.15, 0.2) is 47.4 Å². The summed E-state index contributed by atoms with van der Waals surface area (Å²) >= 11 is 1.07. The number of hydrogen-bond donors (Lipinski definition) is 1. The number of thioether (sulfide) groups is 1. The third-order valence-corrected chi connectivity index (χ3v) is 4.15. The minimum Gasteiger partial charge on any atom is -0.497 e. The van der Waals surface area contributed by atoms with E-state index in [1.54, 1.807) is 30.3 Å². The topological polar surface area (TPSA) is 64.6 Å². The summed E-state index contributed by atoms with van der Waals surface area (Å²) in [7, 11) is 2.72. The fourth-order valence-corrected chi connectivity index (χ4v) is 2.67. The van der Waals surface area contributed by atoms with Gasteiger partial charge < -0.3 is 14.8 Å². The van der Waals surface area contributed by atoms with Crippen LogP contribution in [0.5, 0.6) is 5.75 Å². The molecule has 0 atom stereocenters. The van der Waals surface area contributed by atoms with Gasteiger partial charge in [0.15, 0.2) is 0 Å². The van der Waals surface area contributed by atoms with Crippen molar-refractivity contribution in [1.29, 1.82) is 0 Å². The van der Waals surface area contributed by atoms with Gasteiger partial charge in [-0.25, -0.2) is 9.18 Å². The summed E-state index contributed by atoms with van der Waals surface area (Å²) in [6, 6.07) is 10.9. The van der Waals surface area contributed by atoms with Crippen molar-refractivity contribution in [3.63, 3.8) is 0 Å². The number of anilines is 1. The van der Waals surface area contributed by atoms with Crippen LogP contribution in [-0.4, -0.2) is 31.8 Å². The largest absolute Gasteiger partial charge is 0.497 e. The molecule has 1 amide bonds. The first kappa shape index (κ1) is 17.8. The molecule has 1 N–H and O–H groups in total. The third kappa shape index (κ3) is 4.48. The number of ether oxygens (including phenoxy) is 2. The number of amides is 1. The average molecular weight is 349 g/mol. The summed E-state index contributed by atoms with van der Waals surface area (Å²) < 4.78 is 23.3. The van der Waals surface area contributed by atoms with Gasteiger partial charge in [-0.1, -0.05) is 12.1 Å². The number of carbonyl (C=O) groups excluding carboxylic acids is 2. The minimum atomic E-state index is -0.592. The fraction of sp³-hybridized carbons (Fsp3) is 0.176. The second-order valence-electron chi connectivity index (χ2n) is 4.67. The summed E-state index contributed by atoms with van der Waals surface area (Å²) in [5, 5.41) is 2.63. The van der Waals surface area contributed by atoms with E-state index in [4.69, 9.17) is 9.47 Å². The van der Waals surface area contributed by atoms with Crippen LogP contribution in [0.4, 0.5) is 10.1 Å². The Morgan fingerprint density at radius 2 is 1.92 bits per heavy atom. The molecule has 0 bridgehead atoms. The molecule has 0 fully saturated rings. The SMILES string of the molecule is COC(=O)c1cc(OC)ccc1NC(=O)CSc1ccccc1F. The minimum absolute atomic E-state index is 0.00752. The van der Waals surface area contributed by atoms with Crippen LogP contribution in [0.3, 0.4) is 0 Å². The van der Waals surface area contributed by atoms with Gasteiger partial charge in [-0.3, -0.25) is 4.79 Å². The molecular weight excluding hydrogens is 333 g/mol. The monoisotopic (exact) mass is 349 g/mol. The van der Waals surface area contributed by atoms with Gasteiger partial charge in [0.25, 0.3) is 0 Å². The lowest BCUT2D eigenvalue weighted by atomic mass is 10.1. The lowest BCUT2D eigenvalue weighted by Gasteiger charge is -2.11. The molecule has 0 spiro atoms. The Labute approximate surface area is 143 Å². The molecular formula is C17H16FNO4S. The van der Waals surface area contributed by atoms with Gasteiger partial charge in [-0.15, -0.1) is 11.8 Å². The Morgan fingerprint density at radius 3 is 2.58 bits per heavy atom. The molecule has 2 aromatic rings. The summed E-state index contributed by atoms with van der Waals surface area (Å²) in [5.74, 6) is -0.859. The first-order valence-electron chi connectivity index (χ1n) is 6.98. The van der Waals surface area contributed by atoms with Gasteiger partial charge in [-0.05, 0) is 30.3 Å². The Bertz CT molecular complexity index is 751. The molecule has 0 saturated heterocycles. The number of nitrogens with one attached hydrogen (secondary N) is 1. The molecule has 5 nitrogen and oxygen atoms in total. The zero-order chi connectivity index (χ0) is 17.5. The Kier molecular flexibility index (Phi) is 6.20. The highest BCUT2D eigenvalue weighted by molar-refractivity contribution is 8.00. The van der Waals surface area contributed by atoms with Crippen LogP contribution in [0.25, 0.3) is 0 Å². The summed E-state index contributed by atoms with van der Waals surface area (Å²) in [6.45, 7) is 0. The van der Waals surface area contributed by atoms with Crippen LogP contribution < -0.4 is 10.1 Å². The summed E-state index contributed by atoms with van der Waals surface area (Å²) in [6.07, 6.45) is 0. The van der Waals surface area contributed by atoms with Gasteiger partial charge >= 0.3 is 5.97 Å². The van der Waals surface area contributed by atoms with Gasteiger partial charge in [0.1, 0.15) is 11.6 Å². The van der Waals surface area contributed by atoms with Crippen molar-refractivity contribution < 1.29 is 23.5 Å². The van der Waals surface area contributed by atoms with Crippen molar-refractivity contribution in [3.8, 4) is 5.75 Å². The van der Waals surface area contributed by atoms with Gasteiger partial charge in [0.2, 0.25) is 5.91 Å². The molecule has 0 radical (unpaired) electrons. The number of carbonyl (C=O) groups is 2. The predicted octanol–water partition coefficient (Wildman–Crippen LogP) is 3.35. The Balaban J connectivity index is 2.08. The maximum atomic E-state index is 13.5. The van der Waals surface area contributed by atoms with Crippen molar-refractivity contribution in [1.82, 2.24) is 0 Å². The average Bonchev–Trinajstić information content (AvgIpc) is 2.60. The van der Waals surface area contributed by atoms with Crippen LogP contribution >= 0.6 is 11.8 Å². The first-order valence-corrected chi connectivity index (χ1v) is 7.97. The quantitative estimate of drug-likeness (QED) is 0.640. The van der Waals surface area contributed by atoms with Crippen LogP contribution in [0, 0.1) is 5.82 Å². The molecule has 0 saturated carbocycles. The smallest absolute Gasteiger partial charge is 0.340 e. The summed E-state index contributed by atoms with van der Waals surface area (Å²) in [4.78, 5) is 24.3. The molecule has 0 aromatic heterocycles. The highest BCUT2D eigenvalue weighted by atomic mass is 32.2. The van der Waals surface area contributed by atoms with E-state index in [0.717, 1.165) is 11.8 Å². The van der Waals surface area contributed by atoms with Gasteiger partial charge in [0.05, 0.1) is 31.2 Å². The van der Waals surface area contributed by atoms with Crippen molar-refractivity contribution in [2.45, 2.75) is 4.90 Å². The zero-order valence-electron chi connectivity index (χ0n) is 13.2. The van der Waals surface area contributed by atoms with Crippen molar-refractivity contribution in [2.24, 2.45) is 0 Å². The first-order chi connectivity index (χ1) is 11.5. The van der Waals surface area contributed by atoms with E-state index >= 15 is 0 Å². The van der Waals surface area contributed by atoms with Crippen LogP contribution in [0.2, 0.25) is 0 Å². The van der Waals surface area contributed by atoms with E-state index in [0.29, 0.717) is 16.3 Å². The Morgan fingerprint density at radius 1 is 1.17 bits per heavy atom. The Hall–Kier alpha value is -2.54. The predicted molar refractivity (Wildman–Crippen MR) is 90.1 cm³/mol. The normalized spacial score (nSPS) is 10.1. The molecule has 0 unspecified atom stereocenters. The van der Waals surface area contributed by atoms with Gasteiger partial charge in [0, 0.05) is 4.90 Å². The van der Waals surface area contributed by atoms with E-state index in [1.807, 2.05) is 0 Å². The number of rotatable bonds is 6. The molecule has 126 valence electrons. The van der Waals surface area contributed by atoms with Crippen molar-refractivity contribution in [3.05, 3.63) is 53.8 Å². The number of methoxy groups -OCH3 is 2.